The van der Waals surface area contributed by atoms with E-state index < -0.39 is 0 Å². The van der Waals surface area contributed by atoms with Crippen molar-refractivity contribution in [2.75, 3.05) is 19.7 Å². The van der Waals surface area contributed by atoms with Crippen LogP contribution in [0.15, 0.2) is 35.8 Å². The molecule has 3 rings (SSSR count). The van der Waals surface area contributed by atoms with E-state index in [2.05, 4.69) is 28.9 Å². The van der Waals surface area contributed by atoms with Crippen molar-refractivity contribution in [1.29, 1.82) is 5.26 Å². The van der Waals surface area contributed by atoms with Crippen molar-refractivity contribution in [3.05, 3.63) is 52.0 Å². The zero-order valence-corrected chi connectivity index (χ0v) is 12.7. The first-order chi connectivity index (χ1) is 10.3. The van der Waals surface area contributed by atoms with Crippen LogP contribution in [0.2, 0.25) is 0 Å². The summed E-state index contributed by atoms with van der Waals surface area (Å²) in [7, 11) is 0. The smallest absolute Gasteiger partial charge is 0.123 e. The lowest BCUT2D eigenvalue weighted by molar-refractivity contribution is -0.0432. The molecular formula is C16H17N3OS. The van der Waals surface area contributed by atoms with Gasteiger partial charge in [-0.2, -0.15) is 5.26 Å². The van der Waals surface area contributed by atoms with Crippen LogP contribution in [0, 0.1) is 11.3 Å². The Kier molecular flexibility index (Phi) is 4.30. The average Bonchev–Trinajstić information content (AvgIpc) is 3.09. The highest BCUT2D eigenvalue weighted by Crippen LogP contribution is 2.29. The first-order valence-corrected chi connectivity index (χ1v) is 7.91. The zero-order chi connectivity index (χ0) is 14.7. The summed E-state index contributed by atoms with van der Waals surface area (Å²) in [6, 6.07) is 10.3. The standard InChI is InChI=1S/C16H17N3OS/c1-12(14-4-2-3-13(9-14)10-17)19-6-7-20-15(11-19)16-18-5-8-21-16/h2-5,8-9,12,15H,6-7,11H2,1H3/t12-,15-/m0/s1. The van der Waals surface area contributed by atoms with Crippen LogP contribution in [0.25, 0.3) is 0 Å². The van der Waals surface area contributed by atoms with Gasteiger partial charge in [-0.1, -0.05) is 12.1 Å². The van der Waals surface area contributed by atoms with Crippen LogP contribution < -0.4 is 0 Å². The Morgan fingerprint density at radius 3 is 3.19 bits per heavy atom. The predicted molar refractivity (Wildman–Crippen MR) is 82.0 cm³/mol. The van der Waals surface area contributed by atoms with Gasteiger partial charge in [0.2, 0.25) is 0 Å². The summed E-state index contributed by atoms with van der Waals surface area (Å²) >= 11 is 1.64. The van der Waals surface area contributed by atoms with Crippen molar-refractivity contribution < 1.29 is 4.74 Å². The Hall–Kier alpha value is -1.74. The average molecular weight is 299 g/mol. The molecule has 1 aliphatic heterocycles. The van der Waals surface area contributed by atoms with Crippen molar-refractivity contribution in [2.45, 2.75) is 19.1 Å². The number of hydrogen-bond donors (Lipinski definition) is 0. The molecule has 2 heterocycles. The Labute approximate surface area is 128 Å². The summed E-state index contributed by atoms with van der Waals surface area (Å²) in [6.07, 6.45) is 1.88. The SMILES string of the molecule is C[C@@H](c1cccc(C#N)c1)N1CCO[C@H](c2nccs2)C1. The summed E-state index contributed by atoms with van der Waals surface area (Å²) in [5, 5.41) is 12.1. The second-order valence-electron chi connectivity index (χ2n) is 5.14. The monoisotopic (exact) mass is 299 g/mol. The fraction of sp³-hybridized carbons (Fsp3) is 0.375. The summed E-state index contributed by atoms with van der Waals surface area (Å²) < 4.78 is 5.84. The van der Waals surface area contributed by atoms with Crippen molar-refractivity contribution in [3.8, 4) is 6.07 Å². The van der Waals surface area contributed by atoms with Gasteiger partial charge >= 0.3 is 0 Å². The summed E-state index contributed by atoms with van der Waals surface area (Å²) in [6.45, 7) is 4.64. The lowest BCUT2D eigenvalue weighted by atomic mass is 10.0. The molecule has 1 aromatic heterocycles. The molecule has 0 amide bonds. The van der Waals surface area contributed by atoms with E-state index in [1.165, 1.54) is 5.56 Å². The highest BCUT2D eigenvalue weighted by atomic mass is 32.1. The molecule has 0 radical (unpaired) electrons. The number of aromatic nitrogens is 1. The van der Waals surface area contributed by atoms with E-state index in [1.807, 2.05) is 29.8 Å². The van der Waals surface area contributed by atoms with Gasteiger partial charge in [0, 0.05) is 30.7 Å². The largest absolute Gasteiger partial charge is 0.368 e. The van der Waals surface area contributed by atoms with E-state index in [0.717, 1.165) is 18.1 Å². The molecule has 21 heavy (non-hydrogen) atoms. The first-order valence-electron chi connectivity index (χ1n) is 7.03. The Morgan fingerprint density at radius 2 is 2.43 bits per heavy atom. The minimum Gasteiger partial charge on any atom is -0.368 e. The molecule has 1 saturated heterocycles. The third-order valence-electron chi connectivity index (χ3n) is 3.87. The number of ether oxygens (including phenoxy) is 1. The zero-order valence-electron chi connectivity index (χ0n) is 11.9. The second kappa shape index (κ2) is 6.35. The number of nitriles is 1. The lowest BCUT2D eigenvalue weighted by Crippen LogP contribution is -2.39. The second-order valence-corrected chi connectivity index (χ2v) is 6.06. The molecule has 2 atom stereocenters. The summed E-state index contributed by atoms with van der Waals surface area (Å²) in [5.74, 6) is 0. The minimum atomic E-state index is 0.0559. The first kappa shape index (κ1) is 14.2. The predicted octanol–water partition coefficient (Wildman–Crippen LogP) is 3.15. The molecule has 4 nitrogen and oxygen atoms in total. The summed E-state index contributed by atoms with van der Waals surface area (Å²) in [5.41, 5.74) is 1.89. The number of rotatable bonds is 3. The molecule has 1 aromatic carbocycles. The highest BCUT2D eigenvalue weighted by Gasteiger charge is 2.27. The number of nitrogens with zero attached hydrogens (tertiary/aromatic N) is 3. The van der Waals surface area contributed by atoms with Gasteiger partial charge in [0.15, 0.2) is 0 Å². The van der Waals surface area contributed by atoms with Crippen molar-refractivity contribution >= 4 is 11.3 Å². The number of benzene rings is 1. The van der Waals surface area contributed by atoms with E-state index in [4.69, 9.17) is 10.00 Å². The van der Waals surface area contributed by atoms with Crippen molar-refractivity contribution in [3.63, 3.8) is 0 Å². The van der Waals surface area contributed by atoms with Gasteiger partial charge in [-0.25, -0.2) is 4.98 Å². The molecule has 0 bridgehead atoms. The topological polar surface area (TPSA) is 49.2 Å². The van der Waals surface area contributed by atoms with Crippen LogP contribution >= 0.6 is 11.3 Å². The Morgan fingerprint density at radius 1 is 1.52 bits per heavy atom. The van der Waals surface area contributed by atoms with E-state index in [-0.39, 0.29) is 12.1 Å². The van der Waals surface area contributed by atoms with Gasteiger partial charge in [0.05, 0.1) is 18.2 Å². The number of morpholine rings is 1. The van der Waals surface area contributed by atoms with Crippen LogP contribution in [0.1, 0.15) is 35.2 Å². The van der Waals surface area contributed by atoms with E-state index in [0.29, 0.717) is 12.2 Å². The third-order valence-corrected chi connectivity index (χ3v) is 4.74. The molecule has 108 valence electrons. The van der Waals surface area contributed by atoms with Gasteiger partial charge < -0.3 is 4.74 Å². The molecule has 1 aliphatic rings. The molecule has 0 spiro atoms. The Bertz CT molecular complexity index is 635. The van der Waals surface area contributed by atoms with Gasteiger partial charge in [-0.15, -0.1) is 11.3 Å². The van der Waals surface area contributed by atoms with Crippen LogP contribution in [-0.2, 0) is 4.74 Å². The van der Waals surface area contributed by atoms with Gasteiger partial charge in [-0.3, -0.25) is 4.90 Å². The quantitative estimate of drug-likeness (QED) is 0.873. The normalized spacial score (nSPS) is 20.9. The van der Waals surface area contributed by atoms with Crippen molar-refractivity contribution in [2.24, 2.45) is 0 Å². The molecular weight excluding hydrogens is 282 g/mol. The van der Waals surface area contributed by atoms with Crippen LogP contribution in [0.3, 0.4) is 0 Å². The third kappa shape index (κ3) is 3.13. The molecule has 5 heteroatoms. The van der Waals surface area contributed by atoms with E-state index in [9.17, 15) is 0 Å². The molecule has 1 fully saturated rings. The fourth-order valence-electron chi connectivity index (χ4n) is 2.64. The maximum atomic E-state index is 9.03. The molecule has 0 aliphatic carbocycles. The fourth-order valence-corrected chi connectivity index (χ4v) is 3.32. The van der Waals surface area contributed by atoms with Crippen LogP contribution in [0.4, 0.5) is 0 Å². The summed E-state index contributed by atoms with van der Waals surface area (Å²) in [4.78, 5) is 6.75. The molecule has 2 aromatic rings. The minimum absolute atomic E-state index is 0.0559. The van der Waals surface area contributed by atoms with Gasteiger partial charge in [0.25, 0.3) is 0 Å². The number of hydrogen-bond acceptors (Lipinski definition) is 5. The van der Waals surface area contributed by atoms with Crippen molar-refractivity contribution in [1.82, 2.24) is 9.88 Å². The molecule has 0 N–H and O–H groups in total. The van der Waals surface area contributed by atoms with Crippen LogP contribution in [0.5, 0.6) is 0 Å². The van der Waals surface area contributed by atoms with Gasteiger partial charge in [0.1, 0.15) is 11.1 Å². The molecule has 0 saturated carbocycles. The molecule has 0 unspecified atom stereocenters. The van der Waals surface area contributed by atoms with Gasteiger partial charge in [-0.05, 0) is 24.6 Å². The maximum absolute atomic E-state index is 9.03. The Balaban J connectivity index is 1.75. The maximum Gasteiger partial charge on any atom is 0.123 e. The van der Waals surface area contributed by atoms with Crippen LogP contribution in [-0.4, -0.2) is 29.6 Å². The number of thiazole rings is 1. The lowest BCUT2D eigenvalue weighted by Gasteiger charge is -2.36. The highest BCUT2D eigenvalue weighted by molar-refractivity contribution is 7.09. The van der Waals surface area contributed by atoms with E-state index in [1.54, 1.807) is 11.3 Å². The van der Waals surface area contributed by atoms with E-state index >= 15 is 0 Å².